The molecule has 1 fully saturated rings. The lowest BCUT2D eigenvalue weighted by molar-refractivity contribution is -0.118. The van der Waals surface area contributed by atoms with Gasteiger partial charge in [-0.2, -0.15) is 0 Å². The molecule has 1 heterocycles. The number of rotatable bonds is 9. The molecule has 1 aliphatic rings. The average molecular weight is 459 g/mol. The van der Waals surface area contributed by atoms with Gasteiger partial charge in [0, 0.05) is 36.6 Å². The van der Waals surface area contributed by atoms with Crippen LogP contribution in [-0.4, -0.2) is 75.6 Å². The Hall–Kier alpha value is -3.34. The van der Waals surface area contributed by atoms with Crippen LogP contribution in [0.25, 0.3) is 0 Å². The number of urea groups is 1. The monoisotopic (exact) mass is 458 g/mol. The minimum atomic E-state index is -0.982. The summed E-state index contributed by atoms with van der Waals surface area (Å²) in [5.74, 6) is 0.973. The van der Waals surface area contributed by atoms with Crippen molar-refractivity contribution in [2.24, 2.45) is 0 Å². The summed E-state index contributed by atoms with van der Waals surface area (Å²) in [6, 6.07) is 11.4. The third kappa shape index (κ3) is 7.35. The van der Waals surface area contributed by atoms with Crippen LogP contribution < -0.4 is 25.4 Å². The number of nitrogens with zero attached hydrogens (tertiary/aromatic N) is 1. The molecular weight excluding hydrogens is 428 g/mol. The first-order valence-electron chi connectivity index (χ1n) is 10.6. The van der Waals surface area contributed by atoms with E-state index in [0.717, 1.165) is 13.1 Å². The molecule has 1 atom stereocenters. The quantitative estimate of drug-likeness (QED) is 0.452. The first-order chi connectivity index (χ1) is 16.0. The number of anilines is 2. The van der Waals surface area contributed by atoms with E-state index in [-0.39, 0.29) is 12.5 Å². The molecular formula is C23H30N4O6. The summed E-state index contributed by atoms with van der Waals surface area (Å²) in [5.41, 5.74) is 1.70. The lowest BCUT2D eigenvalue weighted by Gasteiger charge is -2.25. The first-order valence-corrected chi connectivity index (χ1v) is 10.6. The fourth-order valence-electron chi connectivity index (χ4n) is 3.37. The summed E-state index contributed by atoms with van der Waals surface area (Å²) >= 11 is 0. The third-order valence-corrected chi connectivity index (χ3v) is 5.15. The topological polar surface area (TPSA) is 121 Å². The summed E-state index contributed by atoms with van der Waals surface area (Å²) in [5, 5.41) is 18.6. The van der Waals surface area contributed by atoms with Crippen molar-refractivity contribution in [2.75, 3.05) is 64.2 Å². The molecule has 0 saturated carbocycles. The van der Waals surface area contributed by atoms with Gasteiger partial charge in [-0.1, -0.05) is 0 Å². The number of aliphatic hydroxyl groups excluding tert-OH is 1. The molecule has 1 unspecified atom stereocenters. The second-order valence-electron chi connectivity index (χ2n) is 7.47. The molecule has 2 aromatic carbocycles. The van der Waals surface area contributed by atoms with Crippen molar-refractivity contribution >= 4 is 23.3 Å². The average Bonchev–Trinajstić information content (AvgIpc) is 2.84. The van der Waals surface area contributed by atoms with Crippen molar-refractivity contribution in [3.63, 3.8) is 0 Å². The second kappa shape index (κ2) is 12.0. The van der Waals surface area contributed by atoms with E-state index in [9.17, 15) is 14.7 Å². The minimum absolute atomic E-state index is 0.0228. The summed E-state index contributed by atoms with van der Waals surface area (Å²) < 4.78 is 15.7. The van der Waals surface area contributed by atoms with E-state index >= 15 is 0 Å². The van der Waals surface area contributed by atoms with Gasteiger partial charge in [0.1, 0.15) is 17.6 Å². The molecule has 1 saturated heterocycles. The zero-order valence-electron chi connectivity index (χ0n) is 18.8. The molecule has 178 valence electrons. The normalized spacial score (nSPS) is 14.8. The highest BCUT2D eigenvalue weighted by atomic mass is 16.5. The van der Waals surface area contributed by atoms with Gasteiger partial charge in [0.05, 0.1) is 34.0 Å². The number of benzene rings is 2. The number of hydrogen-bond donors (Lipinski definition) is 4. The van der Waals surface area contributed by atoms with Crippen molar-refractivity contribution < 1.29 is 28.9 Å². The molecule has 10 heteroatoms. The van der Waals surface area contributed by atoms with Gasteiger partial charge in [-0.3, -0.25) is 9.69 Å². The zero-order valence-corrected chi connectivity index (χ0v) is 18.8. The smallest absolute Gasteiger partial charge is 0.319 e. The van der Waals surface area contributed by atoms with Gasteiger partial charge in [0.25, 0.3) is 0 Å². The Balaban J connectivity index is 1.46. The Morgan fingerprint density at radius 2 is 1.70 bits per heavy atom. The molecule has 10 nitrogen and oxygen atoms in total. The van der Waals surface area contributed by atoms with E-state index in [0.29, 0.717) is 48.2 Å². The summed E-state index contributed by atoms with van der Waals surface area (Å²) in [4.78, 5) is 26.5. The zero-order chi connectivity index (χ0) is 23.6. The maximum absolute atomic E-state index is 12.2. The van der Waals surface area contributed by atoms with E-state index in [1.165, 1.54) is 14.2 Å². The van der Waals surface area contributed by atoms with Crippen LogP contribution in [0, 0.1) is 0 Å². The van der Waals surface area contributed by atoms with Gasteiger partial charge in [-0.25, -0.2) is 4.79 Å². The largest absolute Gasteiger partial charge is 0.497 e. The number of amides is 3. The molecule has 1 aliphatic heterocycles. The van der Waals surface area contributed by atoms with Crippen LogP contribution in [0.1, 0.15) is 11.7 Å². The molecule has 0 bridgehead atoms. The molecule has 0 aromatic heterocycles. The summed E-state index contributed by atoms with van der Waals surface area (Å²) in [6.45, 7) is 3.05. The van der Waals surface area contributed by atoms with Crippen molar-refractivity contribution in [3.8, 4) is 11.5 Å². The fraction of sp³-hybridized carbons (Fsp3) is 0.391. The maximum Gasteiger partial charge on any atom is 0.319 e. The van der Waals surface area contributed by atoms with Gasteiger partial charge < -0.3 is 35.3 Å². The number of methoxy groups -OCH3 is 2. The van der Waals surface area contributed by atoms with E-state index in [1.807, 2.05) is 4.90 Å². The lowest BCUT2D eigenvalue weighted by Crippen LogP contribution is -2.41. The van der Waals surface area contributed by atoms with Crippen molar-refractivity contribution in [1.82, 2.24) is 10.2 Å². The molecule has 4 N–H and O–H groups in total. The van der Waals surface area contributed by atoms with Gasteiger partial charge >= 0.3 is 6.03 Å². The number of ether oxygens (including phenoxy) is 3. The predicted octanol–water partition coefficient (Wildman–Crippen LogP) is 1.83. The first kappa shape index (κ1) is 24.3. The lowest BCUT2D eigenvalue weighted by atomic mass is 10.1. The number of morpholine rings is 1. The highest BCUT2D eigenvalue weighted by Gasteiger charge is 2.16. The predicted molar refractivity (Wildman–Crippen MR) is 124 cm³/mol. The van der Waals surface area contributed by atoms with Crippen molar-refractivity contribution in [2.45, 2.75) is 6.10 Å². The van der Waals surface area contributed by atoms with Crippen LogP contribution in [0.4, 0.5) is 16.2 Å². The number of hydrogen-bond acceptors (Lipinski definition) is 7. The Morgan fingerprint density at radius 1 is 1.03 bits per heavy atom. The molecule has 3 amide bonds. The highest BCUT2D eigenvalue weighted by Crippen LogP contribution is 2.29. The number of carbonyl (C=O) groups is 2. The van der Waals surface area contributed by atoms with E-state index in [1.54, 1.807) is 42.5 Å². The summed E-state index contributed by atoms with van der Waals surface area (Å²) in [7, 11) is 3.04. The van der Waals surface area contributed by atoms with Crippen LogP contribution in [0.3, 0.4) is 0 Å². The molecule has 0 spiro atoms. The molecule has 3 rings (SSSR count). The number of nitrogens with one attached hydrogen (secondary N) is 3. The van der Waals surface area contributed by atoms with Crippen LogP contribution in [0.2, 0.25) is 0 Å². The highest BCUT2D eigenvalue weighted by molar-refractivity contribution is 5.93. The summed E-state index contributed by atoms with van der Waals surface area (Å²) in [6.07, 6.45) is -0.982. The Labute approximate surface area is 192 Å². The number of aliphatic hydroxyl groups is 1. The number of carbonyl (C=O) groups excluding carboxylic acids is 2. The second-order valence-corrected chi connectivity index (χ2v) is 7.47. The van der Waals surface area contributed by atoms with Gasteiger partial charge in [-0.15, -0.1) is 0 Å². The standard InChI is InChI=1S/C23H30N4O6/c1-31-18-7-8-21(32-2)19(13-18)20(28)14-24-23(30)26-17-5-3-16(4-6-17)25-22(29)15-27-9-11-33-12-10-27/h3-8,13,20,28H,9-12,14-15H2,1-2H3,(H,25,29)(H2,24,26,30). The Bertz CT molecular complexity index is 931. The molecule has 33 heavy (non-hydrogen) atoms. The van der Waals surface area contributed by atoms with Gasteiger partial charge in [-0.05, 0) is 42.5 Å². The molecule has 2 aromatic rings. The Morgan fingerprint density at radius 3 is 2.33 bits per heavy atom. The van der Waals surface area contributed by atoms with E-state index < -0.39 is 12.1 Å². The van der Waals surface area contributed by atoms with Crippen LogP contribution in [0.15, 0.2) is 42.5 Å². The van der Waals surface area contributed by atoms with Crippen molar-refractivity contribution in [3.05, 3.63) is 48.0 Å². The van der Waals surface area contributed by atoms with Crippen molar-refractivity contribution in [1.29, 1.82) is 0 Å². The maximum atomic E-state index is 12.2. The molecule has 0 radical (unpaired) electrons. The van der Waals surface area contributed by atoms with Crippen LogP contribution in [-0.2, 0) is 9.53 Å². The SMILES string of the molecule is COc1ccc(OC)c(C(O)CNC(=O)Nc2ccc(NC(=O)CN3CCOCC3)cc2)c1. The fourth-order valence-corrected chi connectivity index (χ4v) is 3.37. The van der Waals surface area contributed by atoms with E-state index in [4.69, 9.17) is 14.2 Å². The molecule has 0 aliphatic carbocycles. The minimum Gasteiger partial charge on any atom is -0.497 e. The van der Waals surface area contributed by atoms with E-state index in [2.05, 4.69) is 16.0 Å². The van der Waals surface area contributed by atoms with Gasteiger partial charge in [0.2, 0.25) is 5.91 Å². The van der Waals surface area contributed by atoms with Gasteiger partial charge in [0.15, 0.2) is 0 Å². The van der Waals surface area contributed by atoms with Crippen LogP contribution >= 0.6 is 0 Å². The Kier molecular flexibility index (Phi) is 8.87. The van der Waals surface area contributed by atoms with Crippen LogP contribution in [0.5, 0.6) is 11.5 Å². The third-order valence-electron chi connectivity index (χ3n) is 5.15.